The van der Waals surface area contributed by atoms with Crippen LogP contribution in [0.15, 0.2) is 31.0 Å². The highest BCUT2D eigenvalue weighted by molar-refractivity contribution is 7.91. The first-order chi connectivity index (χ1) is 13.9. The van der Waals surface area contributed by atoms with Crippen LogP contribution in [0.5, 0.6) is 17.2 Å². The third-order valence-corrected chi connectivity index (χ3v) is 6.88. The second-order valence-corrected chi connectivity index (χ2v) is 9.19. The maximum atomic E-state index is 11.9. The normalized spacial score (nSPS) is 18.0. The number of ether oxygens (including phenoxy) is 3. The van der Waals surface area contributed by atoms with Gasteiger partial charge in [-0.3, -0.25) is 10.00 Å². The fraction of sp³-hybridized carbons (Fsp3) is 0.450. The predicted molar refractivity (Wildman–Crippen MR) is 111 cm³/mol. The first kappa shape index (κ1) is 21.2. The summed E-state index contributed by atoms with van der Waals surface area (Å²) in [5, 5.41) is 7.26. The van der Waals surface area contributed by atoms with E-state index in [1.165, 1.54) is 0 Å². The molecule has 0 saturated carbocycles. The first-order valence-corrected chi connectivity index (χ1v) is 11.1. The van der Waals surface area contributed by atoms with Gasteiger partial charge in [0.15, 0.2) is 21.3 Å². The molecule has 1 aliphatic rings. The molecule has 158 valence electrons. The Kier molecular flexibility index (Phi) is 6.49. The molecule has 2 aromatic rings. The number of nitrogens with zero attached hydrogens (tertiary/aromatic N) is 2. The average Bonchev–Trinajstić information content (AvgIpc) is 3.32. The number of benzene rings is 1. The smallest absolute Gasteiger partial charge is 0.203 e. The molecule has 0 bridgehead atoms. The third kappa shape index (κ3) is 4.56. The third-order valence-electron chi connectivity index (χ3n) is 5.13. The lowest BCUT2D eigenvalue weighted by Crippen LogP contribution is -2.35. The van der Waals surface area contributed by atoms with Crippen molar-refractivity contribution in [3.8, 4) is 28.5 Å². The van der Waals surface area contributed by atoms with Gasteiger partial charge in [0.25, 0.3) is 0 Å². The van der Waals surface area contributed by atoms with Crippen LogP contribution in [0.1, 0.15) is 12.0 Å². The Hall–Kier alpha value is -2.52. The Labute approximate surface area is 171 Å². The summed E-state index contributed by atoms with van der Waals surface area (Å²) in [4.78, 5) is 2.13. The molecule has 1 fully saturated rings. The maximum Gasteiger partial charge on any atom is 0.203 e. The summed E-state index contributed by atoms with van der Waals surface area (Å²) in [6, 6.07) is 3.69. The van der Waals surface area contributed by atoms with E-state index in [-0.39, 0.29) is 17.5 Å². The van der Waals surface area contributed by atoms with Gasteiger partial charge in [-0.25, -0.2) is 8.42 Å². The quantitative estimate of drug-likeness (QED) is 0.621. The van der Waals surface area contributed by atoms with Crippen LogP contribution in [0.3, 0.4) is 0 Å². The molecule has 0 spiro atoms. The molecule has 1 aliphatic heterocycles. The minimum Gasteiger partial charge on any atom is -0.493 e. The number of H-pyrrole nitrogens is 1. The number of nitrogens with one attached hydrogen (secondary N) is 1. The summed E-state index contributed by atoms with van der Waals surface area (Å²) in [5.74, 6) is 2.03. The Morgan fingerprint density at radius 1 is 1.24 bits per heavy atom. The number of rotatable bonds is 9. The SMILES string of the molecule is C=CCN(Cc1cn[nH]c1-c1cc(OC)c(OC)c(OC)c1)C1CCS(=O)(=O)C1. The number of methoxy groups -OCH3 is 3. The van der Waals surface area contributed by atoms with Crippen LogP contribution in [0, 0.1) is 0 Å². The summed E-state index contributed by atoms with van der Waals surface area (Å²) in [6.07, 6.45) is 4.19. The van der Waals surface area contributed by atoms with Crippen molar-refractivity contribution in [2.45, 2.75) is 19.0 Å². The molecule has 8 nitrogen and oxygen atoms in total. The number of aromatic nitrogens is 2. The zero-order valence-corrected chi connectivity index (χ0v) is 17.8. The van der Waals surface area contributed by atoms with Gasteiger partial charge in [0.2, 0.25) is 5.75 Å². The lowest BCUT2D eigenvalue weighted by Gasteiger charge is -2.26. The highest BCUT2D eigenvalue weighted by atomic mass is 32.2. The van der Waals surface area contributed by atoms with Crippen LogP contribution in [0.2, 0.25) is 0 Å². The lowest BCUT2D eigenvalue weighted by atomic mass is 10.1. The van der Waals surface area contributed by atoms with Crippen LogP contribution < -0.4 is 14.2 Å². The Morgan fingerprint density at radius 2 is 1.93 bits per heavy atom. The van der Waals surface area contributed by atoms with Crippen molar-refractivity contribution in [3.63, 3.8) is 0 Å². The molecule has 0 amide bonds. The minimum atomic E-state index is -2.97. The molecule has 9 heteroatoms. The van der Waals surface area contributed by atoms with E-state index in [9.17, 15) is 8.42 Å². The monoisotopic (exact) mass is 421 g/mol. The van der Waals surface area contributed by atoms with E-state index < -0.39 is 9.84 Å². The molecule has 3 rings (SSSR count). The van der Waals surface area contributed by atoms with Crippen LogP contribution >= 0.6 is 0 Å². The van der Waals surface area contributed by atoms with Crippen molar-refractivity contribution in [3.05, 3.63) is 36.5 Å². The molecular formula is C20H27N3O5S. The largest absolute Gasteiger partial charge is 0.493 e. The highest BCUT2D eigenvalue weighted by Crippen LogP contribution is 2.41. The van der Waals surface area contributed by atoms with Gasteiger partial charge in [0.05, 0.1) is 44.7 Å². The summed E-state index contributed by atoms with van der Waals surface area (Å²) in [5.41, 5.74) is 2.61. The zero-order chi connectivity index (χ0) is 21.0. The van der Waals surface area contributed by atoms with Gasteiger partial charge in [-0.1, -0.05) is 6.08 Å². The Balaban J connectivity index is 1.93. The van der Waals surface area contributed by atoms with E-state index in [0.29, 0.717) is 36.8 Å². The van der Waals surface area contributed by atoms with Crippen molar-refractivity contribution in [2.24, 2.45) is 0 Å². The van der Waals surface area contributed by atoms with Crippen molar-refractivity contribution in [1.29, 1.82) is 0 Å². The summed E-state index contributed by atoms with van der Waals surface area (Å²) in [6.45, 7) is 4.97. The number of sulfone groups is 1. The van der Waals surface area contributed by atoms with Gasteiger partial charge in [-0.05, 0) is 18.6 Å². The molecule has 1 aromatic heterocycles. The van der Waals surface area contributed by atoms with Crippen molar-refractivity contribution >= 4 is 9.84 Å². The molecule has 0 radical (unpaired) electrons. The fourth-order valence-corrected chi connectivity index (χ4v) is 5.46. The van der Waals surface area contributed by atoms with Crippen molar-refractivity contribution < 1.29 is 22.6 Å². The molecule has 1 aromatic carbocycles. The maximum absolute atomic E-state index is 11.9. The summed E-state index contributed by atoms with van der Waals surface area (Å²) >= 11 is 0. The van der Waals surface area contributed by atoms with Crippen LogP contribution in [-0.2, 0) is 16.4 Å². The van der Waals surface area contributed by atoms with Gasteiger partial charge < -0.3 is 14.2 Å². The molecule has 1 unspecified atom stereocenters. The number of hydrogen-bond acceptors (Lipinski definition) is 7. The van der Waals surface area contributed by atoms with E-state index in [1.54, 1.807) is 33.6 Å². The van der Waals surface area contributed by atoms with Gasteiger partial charge >= 0.3 is 0 Å². The van der Waals surface area contributed by atoms with E-state index in [4.69, 9.17) is 14.2 Å². The van der Waals surface area contributed by atoms with E-state index >= 15 is 0 Å². The molecule has 2 heterocycles. The van der Waals surface area contributed by atoms with E-state index in [1.807, 2.05) is 12.1 Å². The summed E-state index contributed by atoms with van der Waals surface area (Å²) < 4.78 is 40.2. The molecular weight excluding hydrogens is 394 g/mol. The van der Waals surface area contributed by atoms with Gasteiger partial charge in [0.1, 0.15) is 0 Å². The van der Waals surface area contributed by atoms with E-state index in [0.717, 1.165) is 16.8 Å². The van der Waals surface area contributed by atoms with Gasteiger partial charge in [-0.15, -0.1) is 6.58 Å². The zero-order valence-electron chi connectivity index (χ0n) is 17.0. The molecule has 0 aliphatic carbocycles. The van der Waals surface area contributed by atoms with E-state index in [2.05, 4.69) is 21.7 Å². The topological polar surface area (TPSA) is 93.8 Å². The van der Waals surface area contributed by atoms with Crippen molar-refractivity contribution in [2.75, 3.05) is 39.4 Å². The van der Waals surface area contributed by atoms with Gasteiger partial charge in [-0.2, -0.15) is 5.10 Å². The summed E-state index contributed by atoms with van der Waals surface area (Å²) in [7, 11) is 1.73. The van der Waals surface area contributed by atoms with Crippen molar-refractivity contribution in [1.82, 2.24) is 15.1 Å². The predicted octanol–water partition coefficient (Wildman–Crippen LogP) is 2.28. The lowest BCUT2D eigenvalue weighted by molar-refractivity contribution is 0.227. The second-order valence-electron chi connectivity index (χ2n) is 6.96. The minimum absolute atomic E-state index is 0.0271. The Bertz CT molecular complexity index is 945. The van der Waals surface area contributed by atoms with Crippen LogP contribution in [0.25, 0.3) is 11.3 Å². The fourth-order valence-electron chi connectivity index (χ4n) is 3.70. The highest BCUT2D eigenvalue weighted by Gasteiger charge is 2.32. The number of aromatic amines is 1. The molecule has 1 N–H and O–H groups in total. The van der Waals surface area contributed by atoms with Crippen LogP contribution in [0.4, 0.5) is 0 Å². The molecule has 1 atom stereocenters. The molecule has 1 saturated heterocycles. The second kappa shape index (κ2) is 8.87. The van der Waals surface area contributed by atoms with Gasteiger partial charge in [0, 0.05) is 30.3 Å². The van der Waals surface area contributed by atoms with Crippen LogP contribution in [-0.4, -0.2) is 68.9 Å². The molecule has 29 heavy (non-hydrogen) atoms. The first-order valence-electron chi connectivity index (χ1n) is 9.30. The number of hydrogen-bond donors (Lipinski definition) is 1. The standard InChI is InChI=1S/C20H27N3O5S/c1-5-7-23(16-6-8-29(24,25)13-16)12-15-11-21-22-19(15)14-9-17(26-2)20(28-4)18(10-14)27-3/h5,9-11,16H,1,6-8,12-13H2,2-4H3,(H,21,22). The Morgan fingerprint density at radius 3 is 2.45 bits per heavy atom. The average molecular weight is 422 g/mol.